The SMILES string of the molecule is O=Cc1cc(Cl)ccc1-n1cc(C2CC2)nn1. The predicted octanol–water partition coefficient (Wildman–Crippen LogP) is 2.61. The number of halogens is 1. The fourth-order valence-electron chi connectivity index (χ4n) is 1.79. The number of carbonyl (C=O) groups excluding carboxylic acids is 1. The number of nitrogens with zero attached hydrogens (tertiary/aromatic N) is 3. The third-order valence-electron chi connectivity index (χ3n) is 2.87. The molecule has 0 radical (unpaired) electrons. The predicted molar refractivity (Wildman–Crippen MR) is 63.7 cm³/mol. The Bertz CT molecular complexity index is 575. The van der Waals surface area contributed by atoms with Crippen LogP contribution in [0.4, 0.5) is 0 Å². The van der Waals surface area contributed by atoms with Gasteiger partial charge >= 0.3 is 0 Å². The van der Waals surface area contributed by atoms with E-state index in [0.717, 1.165) is 12.0 Å². The molecule has 4 nitrogen and oxygen atoms in total. The van der Waals surface area contributed by atoms with Gasteiger partial charge in [-0.15, -0.1) is 5.10 Å². The molecule has 1 aromatic heterocycles. The molecule has 1 aliphatic rings. The summed E-state index contributed by atoms with van der Waals surface area (Å²) in [7, 11) is 0. The van der Waals surface area contributed by atoms with Gasteiger partial charge in [-0.3, -0.25) is 4.79 Å². The first-order chi connectivity index (χ1) is 8.28. The number of benzene rings is 1. The largest absolute Gasteiger partial charge is 0.298 e. The van der Waals surface area contributed by atoms with Gasteiger partial charge in [0.15, 0.2) is 6.29 Å². The fourth-order valence-corrected chi connectivity index (χ4v) is 1.97. The van der Waals surface area contributed by atoms with Crippen LogP contribution in [0.2, 0.25) is 5.02 Å². The lowest BCUT2D eigenvalue weighted by Gasteiger charge is -2.03. The summed E-state index contributed by atoms with van der Waals surface area (Å²) in [6, 6.07) is 5.14. The molecule has 5 heteroatoms. The van der Waals surface area contributed by atoms with Crippen molar-refractivity contribution in [3.05, 3.63) is 40.7 Å². The van der Waals surface area contributed by atoms with Crippen LogP contribution in [0.3, 0.4) is 0 Å². The lowest BCUT2D eigenvalue weighted by atomic mass is 10.2. The van der Waals surface area contributed by atoms with Crippen molar-refractivity contribution in [1.29, 1.82) is 0 Å². The minimum atomic E-state index is 0.518. The van der Waals surface area contributed by atoms with Crippen molar-refractivity contribution in [3.8, 4) is 5.69 Å². The van der Waals surface area contributed by atoms with Crippen molar-refractivity contribution in [3.63, 3.8) is 0 Å². The lowest BCUT2D eigenvalue weighted by Crippen LogP contribution is -1.99. The fraction of sp³-hybridized carbons (Fsp3) is 0.250. The summed E-state index contributed by atoms with van der Waals surface area (Å²) in [6.45, 7) is 0. The second kappa shape index (κ2) is 3.96. The maximum absolute atomic E-state index is 11.0. The van der Waals surface area contributed by atoms with Crippen LogP contribution >= 0.6 is 11.6 Å². The Balaban J connectivity index is 2.03. The van der Waals surface area contributed by atoms with E-state index in [1.807, 2.05) is 6.20 Å². The molecule has 1 aromatic carbocycles. The highest BCUT2D eigenvalue weighted by atomic mass is 35.5. The van der Waals surface area contributed by atoms with Crippen molar-refractivity contribution in [2.24, 2.45) is 0 Å². The van der Waals surface area contributed by atoms with Gasteiger partial charge in [-0.2, -0.15) is 0 Å². The molecule has 0 N–H and O–H groups in total. The van der Waals surface area contributed by atoms with E-state index in [0.29, 0.717) is 22.2 Å². The van der Waals surface area contributed by atoms with E-state index >= 15 is 0 Å². The van der Waals surface area contributed by atoms with Crippen LogP contribution in [-0.2, 0) is 0 Å². The quantitative estimate of drug-likeness (QED) is 0.784. The third kappa shape index (κ3) is 1.96. The summed E-state index contributed by atoms with van der Waals surface area (Å²) < 4.78 is 1.63. The van der Waals surface area contributed by atoms with Gasteiger partial charge < -0.3 is 0 Å². The summed E-state index contributed by atoms with van der Waals surface area (Å²) in [6.07, 6.45) is 5.02. The van der Waals surface area contributed by atoms with Crippen molar-refractivity contribution >= 4 is 17.9 Å². The molecule has 0 unspecified atom stereocenters. The zero-order valence-corrected chi connectivity index (χ0v) is 9.76. The maximum atomic E-state index is 11.0. The molecule has 1 fully saturated rings. The minimum Gasteiger partial charge on any atom is -0.298 e. The van der Waals surface area contributed by atoms with E-state index in [-0.39, 0.29) is 0 Å². The number of hydrogen-bond acceptors (Lipinski definition) is 3. The molecule has 0 saturated heterocycles. The second-order valence-electron chi connectivity index (χ2n) is 4.18. The maximum Gasteiger partial charge on any atom is 0.152 e. The lowest BCUT2D eigenvalue weighted by molar-refractivity contribution is 0.112. The van der Waals surface area contributed by atoms with Gasteiger partial charge in [0, 0.05) is 16.5 Å². The van der Waals surface area contributed by atoms with E-state index in [2.05, 4.69) is 10.3 Å². The molecule has 1 heterocycles. The Morgan fingerprint density at radius 1 is 1.41 bits per heavy atom. The Labute approximate surface area is 103 Å². The zero-order valence-electron chi connectivity index (χ0n) is 9.01. The van der Waals surface area contributed by atoms with Crippen LogP contribution in [0.5, 0.6) is 0 Å². The molecule has 0 spiro atoms. The highest BCUT2D eigenvalue weighted by Gasteiger charge is 2.26. The minimum absolute atomic E-state index is 0.518. The van der Waals surface area contributed by atoms with Gasteiger partial charge in [-0.05, 0) is 31.0 Å². The van der Waals surface area contributed by atoms with Crippen molar-refractivity contribution in [2.75, 3.05) is 0 Å². The molecule has 0 aliphatic heterocycles. The summed E-state index contributed by atoms with van der Waals surface area (Å²) in [4.78, 5) is 11.0. The van der Waals surface area contributed by atoms with Crippen LogP contribution in [-0.4, -0.2) is 21.3 Å². The molecule has 86 valence electrons. The molecular weight excluding hydrogens is 238 g/mol. The van der Waals surface area contributed by atoms with Crippen LogP contribution in [0.1, 0.15) is 34.8 Å². The number of rotatable bonds is 3. The normalized spacial score (nSPS) is 14.9. The Morgan fingerprint density at radius 2 is 2.24 bits per heavy atom. The molecule has 3 rings (SSSR count). The number of aldehydes is 1. The van der Waals surface area contributed by atoms with Gasteiger partial charge in [-0.25, -0.2) is 4.68 Å². The Morgan fingerprint density at radius 3 is 2.94 bits per heavy atom. The molecule has 0 bridgehead atoms. The van der Waals surface area contributed by atoms with E-state index in [1.165, 1.54) is 12.8 Å². The van der Waals surface area contributed by atoms with Gasteiger partial charge in [-0.1, -0.05) is 16.8 Å². The van der Waals surface area contributed by atoms with Crippen LogP contribution < -0.4 is 0 Å². The summed E-state index contributed by atoms with van der Waals surface area (Å²) in [5.41, 5.74) is 2.23. The average Bonchev–Trinajstić information content (AvgIpc) is 3.08. The number of carbonyl (C=O) groups is 1. The second-order valence-corrected chi connectivity index (χ2v) is 4.62. The standard InChI is InChI=1S/C12H10ClN3O/c13-10-3-4-12(9(5-10)7-17)16-6-11(14-15-16)8-1-2-8/h3-8H,1-2H2. The first-order valence-corrected chi connectivity index (χ1v) is 5.83. The third-order valence-corrected chi connectivity index (χ3v) is 3.11. The van der Waals surface area contributed by atoms with Crippen molar-refractivity contribution < 1.29 is 4.79 Å². The first kappa shape index (κ1) is 10.5. The van der Waals surface area contributed by atoms with Crippen molar-refractivity contribution in [2.45, 2.75) is 18.8 Å². The topological polar surface area (TPSA) is 47.8 Å². The molecule has 2 aromatic rings. The molecule has 17 heavy (non-hydrogen) atoms. The number of hydrogen-bond donors (Lipinski definition) is 0. The van der Waals surface area contributed by atoms with Crippen molar-refractivity contribution in [1.82, 2.24) is 15.0 Å². The highest BCUT2D eigenvalue weighted by molar-refractivity contribution is 6.30. The Hall–Kier alpha value is -1.68. The van der Waals surface area contributed by atoms with E-state index < -0.39 is 0 Å². The molecule has 1 saturated carbocycles. The molecular formula is C12H10ClN3O. The molecule has 0 atom stereocenters. The Kier molecular flexibility index (Phi) is 2.44. The van der Waals surface area contributed by atoms with Gasteiger partial charge in [0.25, 0.3) is 0 Å². The summed E-state index contributed by atoms with van der Waals surface area (Å²) >= 11 is 5.84. The smallest absolute Gasteiger partial charge is 0.152 e. The van der Waals surface area contributed by atoms with E-state index in [9.17, 15) is 4.79 Å². The van der Waals surface area contributed by atoms with Crippen LogP contribution in [0.15, 0.2) is 24.4 Å². The van der Waals surface area contributed by atoms with E-state index in [4.69, 9.17) is 11.6 Å². The first-order valence-electron chi connectivity index (χ1n) is 5.45. The molecule has 0 amide bonds. The van der Waals surface area contributed by atoms with Crippen LogP contribution in [0, 0.1) is 0 Å². The van der Waals surface area contributed by atoms with Gasteiger partial charge in [0.05, 0.1) is 17.6 Å². The number of aromatic nitrogens is 3. The van der Waals surface area contributed by atoms with E-state index in [1.54, 1.807) is 22.9 Å². The van der Waals surface area contributed by atoms with Gasteiger partial charge in [0.2, 0.25) is 0 Å². The summed E-state index contributed by atoms with van der Waals surface area (Å²) in [5, 5.41) is 8.71. The molecule has 1 aliphatic carbocycles. The summed E-state index contributed by atoms with van der Waals surface area (Å²) in [5.74, 6) is 0.552. The average molecular weight is 248 g/mol. The van der Waals surface area contributed by atoms with Crippen LogP contribution in [0.25, 0.3) is 5.69 Å². The zero-order chi connectivity index (χ0) is 11.8. The highest BCUT2D eigenvalue weighted by Crippen LogP contribution is 2.38. The monoisotopic (exact) mass is 247 g/mol. The van der Waals surface area contributed by atoms with Gasteiger partial charge in [0.1, 0.15) is 0 Å².